The van der Waals surface area contributed by atoms with Crippen molar-refractivity contribution in [2.45, 2.75) is 13.8 Å². The van der Waals surface area contributed by atoms with Crippen molar-refractivity contribution < 1.29 is 4.74 Å². The third kappa shape index (κ3) is 4.40. The Hall–Kier alpha value is -4.96. The Morgan fingerprint density at radius 3 is 2.64 bits per heavy atom. The number of nitrogens with zero attached hydrogens (tertiary/aromatic N) is 4. The number of fused-ring (bicyclic) bond motifs is 1. The summed E-state index contributed by atoms with van der Waals surface area (Å²) in [6, 6.07) is 24.9. The number of hydrogen-bond donors (Lipinski definition) is 1. The highest BCUT2D eigenvalue weighted by Crippen LogP contribution is 2.30. The molecular formula is C29H23N5O2. The Kier molecular flexibility index (Phi) is 6.16. The van der Waals surface area contributed by atoms with Crippen molar-refractivity contribution in [1.29, 1.82) is 5.26 Å². The van der Waals surface area contributed by atoms with Crippen LogP contribution in [-0.2, 0) is 0 Å². The summed E-state index contributed by atoms with van der Waals surface area (Å²) < 4.78 is 7.47. The van der Waals surface area contributed by atoms with E-state index in [9.17, 15) is 10.1 Å². The molecule has 5 rings (SSSR count). The molecule has 0 aliphatic heterocycles. The van der Waals surface area contributed by atoms with Crippen LogP contribution < -0.4 is 10.3 Å². The zero-order chi connectivity index (χ0) is 25.1. The van der Waals surface area contributed by atoms with E-state index in [0.717, 1.165) is 28.1 Å². The topological polar surface area (TPSA) is 96.6 Å². The lowest BCUT2D eigenvalue weighted by Gasteiger charge is -2.08. The molecule has 0 aliphatic rings. The second kappa shape index (κ2) is 9.72. The molecule has 1 N–H and O–H groups in total. The van der Waals surface area contributed by atoms with Crippen molar-refractivity contribution >= 4 is 22.6 Å². The number of aromatic amines is 1. The third-order valence-corrected chi connectivity index (χ3v) is 5.80. The van der Waals surface area contributed by atoms with Crippen LogP contribution in [0.2, 0.25) is 0 Å². The lowest BCUT2D eigenvalue weighted by molar-refractivity contribution is 0.338. The van der Waals surface area contributed by atoms with E-state index in [0.29, 0.717) is 23.2 Å². The number of para-hydroxylation sites is 2. The number of aromatic nitrogens is 4. The van der Waals surface area contributed by atoms with Gasteiger partial charge < -0.3 is 9.72 Å². The first-order valence-electron chi connectivity index (χ1n) is 11.6. The maximum atomic E-state index is 12.6. The highest BCUT2D eigenvalue weighted by atomic mass is 16.5. The van der Waals surface area contributed by atoms with Crippen LogP contribution in [-0.4, -0.2) is 26.4 Å². The van der Waals surface area contributed by atoms with Crippen LogP contribution in [0.15, 0.2) is 83.8 Å². The Balaban J connectivity index is 1.67. The summed E-state index contributed by atoms with van der Waals surface area (Å²) >= 11 is 0. The van der Waals surface area contributed by atoms with E-state index in [-0.39, 0.29) is 17.0 Å². The van der Waals surface area contributed by atoms with Crippen molar-refractivity contribution in [1.82, 2.24) is 19.7 Å². The van der Waals surface area contributed by atoms with Crippen LogP contribution in [0.1, 0.15) is 23.9 Å². The number of hydrogen-bond acceptors (Lipinski definition) is 5. The first-order chi connectivity index (χ1) is 17.6. The van der Waals surface area contributed by atoms with Gasteiger partial charge in [-0.3, -0.25) is 4.79 Å². The van der Waals surface area contributed by atoms with Gasteiger partial charge in [0.05, 0.1) is 28.8 Å². The molecule has 0 saturated heterocycles. The van der Waals surface area contributed by atoms with E-state index >= 15 is 0 Å². The number of ether oxygens (including phenoxy) is 1. The summed E-state index contributed by atoms with van der Waals surface area (Å²) in [6.07, 6.45) is 3.58. The van der Waals surface area contributed by atoms with E-state index in [1.54, 1.807) is 29.0 Å². The zero-order valence-corrected chi connectivity index (χ0v) is 19.9. The number of rotatable bonds is 6. The van der Waals surface area contributed by atoms with Gasteiger partial charge in [-0.25, -0.2) is 9.67 Å². The summed E-state index contributed by atoms with van der Waals surface area (Å²) in [5.41, 5.74) is 4.63. The first-order valence-corrected chi connectivity index (χ1v) is 11.6. The second-order valence-electron chi connectivity index (χ2n) is 8.23. The van der Waals surface area contributed by atoms with Gasteiger partial charge in [-0.1, -0.05) is 30.3 Å². The number of H-pyrrole nitrogens is 1. The molecule has 2 aromatic heterocycles. The molecule has 0 radical (unpaired) electrons. The predicted octanol–water partition coefficient (Wildman–Crippen LogP) is 5.55. The van der Waals surface area contributed by atoms with E-state index in [4.69, 9.17) is 9.84 Å². The van der Waals surface area contributed by atoms with Gasteiger partial charge >= 0.3 is 0 Å². The Morgan fingerprint density at radius 1 is 1.11 bits per heavy atom. The van der Waals surface area contributed by atoms with Crippen LogP contribution in [0.5, 0.6) is 5.75 Å². The number of aryl methyl sites for hydroxylation is 1. The van der Waals surface area contributed by atoms with Gasteiger partial charge in [0.1, 0.15) is 17.5 Å². The summed E-state index contributed by atoms with van der Waals surface area (Å²) in [5, 5.41) is 15.3. The van der Waals surface area contributed by atoms with E-state index in [1.807, 2.05) is 74.6 Å². The molecule has 0 aliphatic carbocycles. The fourth-order valence-corrected chi connectivity index (χ4v) is 4.07. The predicted molar refractivity (Wildman–Crippen MR) is 141 cm³/mol. The molecule has 5 aromatic rings. The monoisotopic (exact) mass is 473 g/mol. The number of benzene rings is 3. The zero-order valence-electron chi connectivity index (χ0n) is 19.9. The minimum atomic E-state index is -0.293. The smallest absolute Gasteiger partial charge is 0.259 e. The van der Waals surface area contributed by atoms with E-state index < -0.39 is 0 Å². The Bertz CT molecular complexity index is 1690. The van der Waals surface area contributed by atoms with Crippen LogP contribution in [0, 0.1) is 18.3 Å². The molecule has 7 heteroatoms. The molecule has 0 bridgehead atoms. The lowest BCUT2D eigenvalue weighted by atomic mass is 10.0. The third-order valence-electron chi connectivity index (χ3n) is 5.80. The molecule has 176 valence electrons. The van der Waals surface area contributed by atoms with Gasteiger partial charge in [0, 0.05) is 17.3 Å². The molecule has 3 aromatic carbocycles. The van der Waals surface area contributed by atoms with E-state index in [1.165, 1.54) is 0 Å². The number of nitriles is 1. The summed E-state index contributed by atoms with van der Waals surface area (Å²) in [5.74, 6) is 1.03. The standard InChI is InChI=1S/C29H23N5O2/c1-3-36-26-14-13-20(15-19(26)2)27-22(18-34(33-27)23-9-5-4-6-10-23)16-21(17-30)28-31-25-12-8-7-11-24(25)29(35)32-28/h4-16,18H,3H2,1-2H3,(H,31,32,35). The van der Waals surface area contributed by atoms with Crippen LogP contribution >= 0.6 is 0 Å². The van der Waals surface area contributed by atoms with Gasteiger partial charge in [0.25, 0.3) is 5.56 Å². The molecule has 7 nitrogen and oxygen atoms in total. The van der Waals surface area contributed by atoms with Gasteiger partial charge in [-0.2, -0.15) is 10.4 Å². The van der Waals surface area contributed by atoms with Crippen molar-refractivity contribution in [3.8, 4) is 28.8 Å². The van der Waals surface area contributed by atoms with Crippen molar-refractivity contribution in [2.24, 2.45) is 0 Å². The van der Waals surface area contributed by atoms with Gasteiger partial charge in [-0.05, 0) is 68.0 Å². The molecule has 0 atom stereocenters. The fourth-order valence-electron chi connectivity index (χ4n) is 4.07. The molecular weight excluding hydrogens is 450 g/mol. The van der Waals surface area contributed by atoms with Crippen molar-refractivity contribution in [3.63, 3.8) is 0 Å². The summed E-state index contributed by atoms with van der Waals surface area (Å²) in [4.78, 5) is 19.9. The highest BCUT2D eigenvalue weighted by molar-refractivity contribution is 5.91. The summed E-state index contributed by atoms with van der Waals surface area (Å²) in [6.45, 7) is 4.52. The Morgan fingerprint density at radius 2 is 1.89 bits per heavy atom. The number of nitrogens with one attached hydrogen (secondary N) is 1. The number of allylic oxidation sites excluding steroid dienone is 1. The Labute approximate surface area is 207 Å². The van der Waals surface area contributed by atoms with Crippen LogP contribution in [0.4, 0.5) is 0 Å². The minimum absolute atomic E-state index is 0.211. The highest BCUT2D eigenvalue weighted by Gasteiger charge is 2.15. The minimum Gasteiger partial charge on any atom is -0.494 e. The summed E-state index contributed by atoms with van der Waals surface area (Å²) in [7, 11) is 0. The largest absolute Gasteiger partial charge is 0.494 e. The van der Waals surface area contributed by atoms with Crippen LogP contribution in [0.25, 0.3) is 39.5 Å². The molecule has 0 fully saturated rings. The van der Waals surface area contributed by atoms with E-state index in [2.05, 4.69) is 16.0 Å². The lowest BCUT2D eigenvalue weighted by Crippen LogP contribution is -2.11. The molecule has 0 unspecified atom stereocenters. The maximum absolute atomic E-state index is 12.6. The fraction of sp³-hybridized carbons (Fsp3) is 0.103. The molecule has 36 heavy (non-hydrogen) atoms. The quantitative estimate of drug-likeness (QED) is 0.326. The van der Waals surface area contributed by atoms with Gasteiger partial charge in [-0.15, -0.1) is 0 Å². The average Bonchev–Trinajstić information content (AvgIpc) is 3.33. The van der Waals surface area contributed by atoms with Gasteiger partial charge in [0.2, 0.25) is 0 Å². The molecule has 0 saturated carbocycles. The van der Waals surface area contributed by atoms with Gasteiger partial charge in [0.15, 0.2) is 5.82 Å². The molecule has 0 spiro atoms. The normalized spacial score (nSPS) is 11.4. The first kappa shape index (κ1) is 22.8. The van der Waals surface area contributed by atoms with Crippen LogP contribution in [0.3, 0.4) is 0 Å². The molecule has 0 amide bonds. The van der Waals surface area contributed by atoms with Crippen molar-refractivity contribution in [2.75, 3.05) is 6.61 Å². The maximum Gasteiger partial charge on any atom is 0.259 e. The average molecular weight is 474 g/mol. The van der Waals surface area contributed by atoms with Crippen molar-refractivity contribution in [3.05, 3.63) is 106 Å². The molecule has 2 heterocycles. The SMILES string of the molecule is CCOc1ccc(-c2nn(-c3ccccc3)cc2C=C(C#N)c2nc3ccccc3c(=O)[nH]2)cc1C. The second-order valence-corrected chi connectivity index (χ2v) is 8.23.